The monoisotopic (exact) mass is 261 g/mol. The molecule has 0 unspecified atom stereocenters. The Hall–Kier alpha value is -1.19. The van der Waals surface area contributed by atoms with Crippen molar-refractivity contribution in [2.24, 2.45) is 0 Å². The third kappa shape index (κ3) is 2.79. The van der Waals surface area contributed by atoms with Crippen molar-refractivity contribution in [3.05, 3.63) is 39.2 Å². The van der Waals surface area contributed by atoms with Gasteiger partial charge in [-0.2, -0.15) is 0 Å². The number of aliphatic hydroxyl groups is 1. The van der Waals surface area contributed by atoms with Crippen LogP contribution in [0, 0.1) is 20.8 Å². The highest BCUT2D eigenvalue weighted by molar-refractivity contribution is 7.09. The second kappa shape index (κ2) is 5.63. The number of aliphatic hydroxyl groups excluding tert-OH is 1. The molecule has 0 atom stereocenters. The van der Waals surface area contributed by atoms with Crippen LogP contribution in [0.1, 0.15) is 28.1 Å². The molecule has 1 aromatic heterocycles. The Morgan fingerprint density at radius 3 is 2.56 bits per heavy atom. The van der Waals surface area contributed by atoms with E-state index in [9.17, 15) is 0 Å². The summed E-state index contributed by atoms with van der Waals surface area (Å²) in [5.74, 6) is 0. The molecular formula is C15H19NOS. The van der Waals surface area contributed by atoms with Gasteiger partial charge in [-0.25, -0.2) is 4.98 Å². The molecule has 0 bridgehead atoms. The summed E-state index contributed by atoms with van der Waals surface area (Å²) in [7, 11) is 0. The topological polar surface area (TPSA) is 33.1 Å². The van der Waals surface area contributed by atoms with Crippen molar-refractivity contribution >= 4 is 11.3 Å². The van der Waals surface area contributed by atoms with Crippen LogP contribution in [0.15, 0.2) is 17.5 Å². The molecule has 2 rings (SSSR count). The Kier molecular flexibility index (Phi) is 4.15. The molecule has 96 valence electrons. The normalized spacial score (nSPS) is 10.9. The van der Waals surface area contributed by atoms with Crippen molar-refractivity contribution in [3.8, 4) is 11.3 Å². The number of nitrogens with zero attached hydrogens (tertiary/aromatic N) is 1. The van der Waals surface area contributed by atoms with Crippen LogP contribution in [0.4, 0.5) is 0 Å². The van der Waals surface area contributed by atoms with Crippen LogP contribution < -0.4 is 0 Å². The molecular weight excluding hydrogens is 242 g/mol. The van der Waals surface area contributed by atoms with Crippen LogP contribution in [0.25, 0.3) is 11.3 Å². The maximum absolute atomic E-state index is 8.84. The lowest BCUT2D eigenvalue weighted by atomic mass is 9.99. The lowest BCUT2D eigenvalue weighted by Gasteiger charge is -2.07. The van der Waals surface area contributed by atoms with Crippen molar-refractivity contribution in [2.45, 2.75) is 33.6 Å². The maximum Gasteiger partial charge on any atom is 0.0933 e. The fourth-order valence-electron chi connectivity index (χ4n) is 2.02. The van der Waals surface area contributed by atoms with Gasteiger partial charge in [0, 0.05) is 24.0 Å². The Bertz CT molecular complexity index is 545. The zero-order valence-electron chi connectivity index (χ0n) is 11.2. The molecule has 0 radical (unpaired) electrons. The van der Waals surface area contributed by atoms with Crippen LogP contribution in [0.2, 0.25) is 0 Å². The van der Waals surface area contributed by atoms with Crippen LogP contribution in [0.3, 0.4) is 0 Å². The molecule has 0 saturated carbocycles. The maximum atomic E-state index is 8.84. The van der Waals surface area contributed by atoms with Crippen LogP contribution >= 0.6 is 11.3 Å². The quantitative estimate of drug-likeness (QED) is 0.911. The van der Waals surface area contributed by atoms with E-state index >= 15 is 0 Å². The standard InChI is InChI=1S/C15H19NOS/c1-10-7-12(3)13(8-11(10)2)14-9-18-15(16-14)5-4-6-17/h7-9,17H,4-6H2,1-3H3. The fourth-order valence-corrected chi connectivity index (χ4v) is 2.86. The van der Waals surface area contributed by atoms with Gasteiger partial charge in [0.05, 0.1) is 10.7 Å². The highest BCUT2D eigenvalue weighted by Crippen LogP contribution is 2.28. The van der Waals surface area contributed by atoms with Gasteiger partial charge in [-0.05, 0) is 49.9 Å². The van der Waals surface area contributed by atoms with Crippen LogP contribution in [0.5, 0.6) is 0 Å². The number of hydrogen-bond acceptors (Lipinski definition) is 3. The summed E-state index contributed by atoms with van der Waals surface area (Å²) in [6.45, 7) is 6.64. The molecule has 1 heterocycles. The van der Waals surface area contributed by atoms with Gasteiger partial charge < -0.3 is 5.11 Å². The van der Waals surface area contributed by atoms with Gasteiger partial charge in [0.25, 0.3) is 0 Å². The summed E-state index contributed by atoms with van der Waals surface area (Å²) in [6, 6.07) is 4.44. The molecule has 1 aromatic carbocycles. The Morgan fingerprint density at radius 1 is 1.11 bits per heavy atom. The van der Waals surface area contributed by atoms with E-state index < -0.39 is 0 Å². The molecule has 0 aliphatic carbocycles. The van der Waals surface area contributed by atoms with Gasteiger partial charge in [0.2, 0.25) is 0 Å². The summed E-state index contributed by atoms with van der Waals surface area (Å²) < 4.78 is 0. The first-order chi connectivity index (χ1) is 8.61. The minimum atomic E-state index is 0.234. The molecule has 2 nitrogen and oxygen atoms in total. The van der Waals surface area contributed by atoms with E-state index in [1.54, 1.807) is 11.3 Å². The number of thiazole rings is 1. The number of hydrogen-bond donors (Lipinski definition) is 1. The molecule has 0 fully saturated rings. The number of aromatic nitrogens is 1. The molecule has 3 heteroatoms. The van der Waals surface area contributed by atoms with Crippen molar-refractivity contribution in [2.75, 3.05) is 6.61 Å². The van der Waals surface area contributed by atoms with E-state index in [1.165, 1.54) is 22.3 Å². The Morgan fingerprint density at radius 2 is 1.83 bits per heavy atom. The van der Waals surface area contributed by atoms with Gasteiger partial charge in [0.15, 0.2) is 0 Å². The van der Waals surface area contributed by atoms with E-state index in [1.807, 2.05) is 0 Å². The minimum Gasteiger partial charge on any atom is -0.396 e. The lowest BCUT2D eigenvalue weighted by Crippen LogP contribution is -1.91. The average Bonchev–Trinajstić information content (AvgIpc) is 2.79. The largest absolute Gasteiger partial charge is 0.396 e. The molecule has 18 heavy (non-hydrogen) atoms. The lowest BCUT2D eigenvalue weighted by molar-refractivity contribution is 0.288. The first-order valence-electron chi connectivity index (χ1n) is 6.25. The zero-order valence-corrected chi connectivity index (χ0v) is 12.0. The number of rotatable bonds is 4. The second-order valence-electron chi connectivity index (χ2n) is 4.71. The van der Waals surface area contributed by atoms with Gasteiger partial charge in [-0.3, -0.25) is 0 Å². The SMILES string of the molecule is Cc1cc(C)c(-c2csc(CCCO)n2)cc1C. The molecule has 0 aliphatic rings. The van der Waals surface area contributed by atoms with E-state index in [0.717, 1.165) is 23.5 Å². The number of aryl methyl sites for hydroxylation is 4. The summed E-state index contributed by atoms with van der Waals surface area (Å²) in [6.07, 6.45) is 1.66. The first kappa shape index (κ1) is 13.2. The van der Waals surface area contributed by atoms with Crippen LogP contribution in [-0.4, -0.2) is 16.7 Å². The highest BCUT2D eigenvalue weighted by atomic mass is 32.1. The van der Waals surface area contributed by atoms with E-state index in [2.05, 4.69) is 43.3 Å². The summed E-state index contributed by atoms with van der Waals surface area (Å²) in [4.78, 5) is 4.66. The number of benzene rings is 1. The van der Waals surface area contributed by atoms with Gasteiger partial charge >= 0.3 is 0 Å². The molecule has 1 N–H and O–H groups in total. The fraction of sp³-hybridized carbons (Fsp3) is 0.400. The average molecular weight is 261 g/mol. The summed E-state index contributed by atoms with van der Waals surface area (Å²) in [5.41, 5.74) is 6.20. The highest BCUT2D eigenvalue weighted by Gasteiger charge is 2.08. The van der Waals surface area contributed by atoms with E-state index in [-0.39, 0.29) is 6.61 Å². The smallest absolute Gasteiger partial charge is 0.0933 e. The van der Waals surface area contributed by atoms with Gasteiger partial charge in [-0.15, -0.1) is 11.3 Å². The van der Waals surface area contributed by atoms with Crippen molar-refractivity contribution in [1.29, 1.82) is 0 Å². The molecule has 0 aliphatic heterocycles. The van der Waals surface area contributed by atoms with Crippen molar-refractivity contribution in [1.82, 2.24) is 4.98 Å². The van der Waals surface area contributed by atoms with Gasteiger partial charge in [-0.1, -0.05) is 6.07 Å². The van der Waals surface area contributed by atoms with Gasteiger partial charge in [0.1, 0.15) is 0 Å². The van der Waals surface area contributed by atoms with E-state index in [4.69, 9.17) is 5.11 Å². The summed E-state index contributed by atoms with van der Waals surface area (Å²) >= 11 is 1.68. The zero-order chi connectivity index (χ0) is 13.1. The third-order valence-corrected chi connectivity index (χ3v) is 4.13. The van der Waals surface area contributed by atoms with Crippen molar-refractivity contribution < 1.29 is 5.11 Å². The molecule has 0 spiro atoms. The third-order valence-electron chi connectivity index (χ3n) is 3.22. The van der Waals surface area contributed by atoms with Crippen LogP contribution in [-0.2, 0) is 6.42 Å². The Balaban J connectivity index is 2.31. The Labute approximate surface area is 112 Å². The molecule has 0 amide bonds. The van der Waals surface area contributed by atoms with Crippen molar-refractivity contribution in [3.63, 3.8) is 0 Å². The molecule has 2 aromatic rings. The first-order valence-corrected chi connectivity index (χ1v) is 7.13. The second-order valence-corrected chi connectivity index (χ2v) is 5.65. The predicted octanol–water partition coefficient (Wildman–Crippen LogP) is 3.66. The minimum absolute atomic E-state index is 0.234. The summed E-state index contributed by atoms with van der Waals surface area (Å²) in [5, 5.41) is 12.1. The molecule has 0 saturated heterocycles. The predicted molar refractivity (Wildman–Crippen MR) is 77.2 cm³/mol. The van der Waals surface area contributed by atoms with E-state index in [0.29, 0.717) is 0 Å².